The SMILES string of the molecule is COc1ccc([C@@H]2C[C@@H](C(F)(F)F)n3nc(C(=O)Nc4c(C)n(C)n(-c5ccccc5)c4=O)c(Cl)c3N2)cc1. The zero-order valence-corrected chi connectivity index (χ0v) is 21.8. The number of amides is 1. The van der Waals surface area contributed by atoms with Crippen molar-refractivity contribution in [2.75, 3.05) is 17.7 Å². The minimum atomic E-state index is -4.66. The molecule has 0 radical (unpaired) electrons. The van der Waals surface area contributed by atoms with Gasteiger partial charge in [-0.05, 0) is 36.8 Å². The first-order valence-corrected chi connectivity index (χ1v) is 12.3. The van der Waals surface area contributed by atoms with Gasteiger partial charge in [0.2, 0.25) is 0 Å². The van der Waals surface area contributed by atoms with Gasteiger partial charge in [0.1, 0.15) is 22.3 Å². The molecule has 2 N–H and O–H groups in total. The van der Waals surface area contributed by atoms with Gasteiger partial charge in [0.05, 0.1) is 24.5 Å². The third kappa shape index (κ3) is 4.65. The Kier molecular flexibility index (Phi) is 6.67. The number of carbonyl (C=O) groups is 1. The molecule has 4 aromatic rings. The number of benzene rings is 2. The van der Waals surface area contributed by atoms with Crippen LogP contribution in [0.1, 0.15) is 40.3 Å². The van der Waals surface area contributed by atoms with E-state index in [1.165, 1.54) is 11.8 Å². The summed E-state index contributed by atoms with van der Waals surface area (Å²) in [5.74, 6) is -0.481. The first-order valence-electron chi connectivity index (χ1n) is 11.9. The fraction of sp³-hybridized carbons (Fsp3) is 0.269. The van der Waals surface area contributed by atoms with Crippen molar-refractivity contribution in [2.45, 2.75) is 31.6 Å². The van der Waals surface area contributed by atoms with Crippen LogP contribution in [0.2, 0.25) is 5.02 Å². The Morgan fingerprint density at radius 3 is 2.44 bits per heavy atom. The van der Waals surface area contributed by atoms with Crippen LogP contribution in [0.3, 0.4) is 0 Å². The molecule has 0 aliphatic carbocycles. The first kappa shape index (κ1) is 26.4. The summed E-state index contributed by atoms with van der Waals surface area (Å²) in [4.78, 5) is 26.4. The lowest BCUT2D eigenvalue weighted by molar-refractivity contribution is -0.173. The lowest BCUT2D eigenvalue weighted by atomic mass is 9.97. The summed E-state index contributed by atoms with van der Waals surface area (Å²) >= 11 is 6.45. The fourth-order valence-electron chi connectivity index (χ4n) is 4.67. The summed E-state index contributed by atoms with van der Waals surface area (Å²) in [5, 5.41) is 9.17. The van der Waals surface area contributed by atoms with Gasteiger partial charge < -0.3 is 15.4 Å². The summed E-state index contributed by atoms with van der Waals surface area (Å²) in [6.45, 7) is 1.64. The van der Waals surface area contributed by atoms with Crippen LogP contribution in [0.15, 0.2) is 59.4 Å². The molecule has 1 aliphatic rings. The summed E-state index contributed by atoms with van der Waals surface area (Å²) < 4.78 is 51.1. The first-order chi connectivity index (χ1) is 18.5. The topological polar surface area (TPSA) is 95.1 Å². The van der Waals surface area contributed by atoms with E-state index in [0.717, 1.165) is 0 Å². The molecular weight excluding hydrogens is 537 g/mol. The number of fused-ring (bicyclic) bond motifs is 1. The molecule has 5 rings (SSSR count). The van der Waals surface area contributed by atoms with Crippen LogP contribution in [-0.2, 0) is 7.05 Å². The van der Waals surface area contributed by atoms with Crippen LogP contribution in [0.4, 0.5) is 24.7 Å². The maximum atomic E-state index is 14.1. The number of hydrogen-bond acceptors (Lipinski definition) is 5. The summed E-state index contributed by atoms with van der Waals surface area (Å²) in [5.41, 5.74) is 0.609. The Balaban J connectivity index is 1.50. The predicted octanol–water partition coefficient (Wildman–Crippen LogP) is 5.26. The maximum absolute atomic E-state index is 14.1. The highest BCUT2D eigenvalue weighted by Gasteiger charge is 2.48. The Bertz CT molecular complexity index is 1590. The van der Waals surface area contributed by atoms with Gasteiger partial charge in [-0.15, -0.1) is 0 Å². The third-order valence-corrected chi connectivity index (χ3v) is 7.18. The van der Waals surface area contributed by atoms with E-state index in [1.807, 2.05) is 0 Å². The molecule has 0 saturated heterocycles. The molecule has 2 aromatic carbocycles. The van der Waals surface area contributed by atoms with E-state index in [4.69, 9.17) is 16.3 Å². The average Bonchev–Trinajstić information content (AvgIpc) is 3.36. The number of alkyl halides is 3. The standard InChI is InChI=1S/C26H24ClF3N6O3/c1-14-21(25(38)36(34(14)2)16-7-5-4-6-8-16)32-24(37)22-20(27)23-31-18(15-9-11-17(39-3)12-10-15)13-19(26(28,29)30)35(23)33-22/h4-12,18-19,31H,13H2,1-3H3,(H,32,37)/t18-,19-/m0/s1. The number of hydrogen-bond donors (Lipinski definition) is 2. The third-order valence-electron chi connectivity index (χ3n) is 6.82. The molecule has 13 heteroatoms. The number of carbonyl (C=O) groups excluding carboxylic acids is 1. The zero-order chi connectivity index (χ0) is 28.1. The van der Waals surface area contributed by atoms with E-state index in [-0.39, 0.29) is 22.9 Å². The van der Waals surface area contributed by atoms with Gasteiger partial charge >= 0.3 is 6.18 Å². The van der Waals surface area contributed by atoms with Crippen molar-refractivity contribution in [2.24, 2.45) is 7.05 Å². The van der Waals surface area contributed by atoms with Crippen LogP contribution in [0, 0.1) is 6.92 Å². The second-order valence-electron chi connectivity index (χ2n) is 9.11. The predicted molar refractivity (Wildman–Crippen MR) is 140 cm³/mol. The van der Waals surface area contributed by atoms with Crippen molar-refractivity contribution >= 4 is 29.0 Å². The summed E-state index contributed by atoms with van der Waals surface area (Å²) in [6.07, 6.45) is -5.04. The van der Waals surface area contributed by atoms with Gasteiger partial charge in [-0.3, -0.25) is 14.3 Å². The van der Waals surface area contributed by atoms with Gasteiger partial charge in [-0.25, -0.2) is 9.36 Å². The minimum Gasteiger partial charge on any atom is -0.497 e. The van der Waals surface area contributed by atoms with E-state index in [1.54, 1.807) is 73.3 Å². The molecule has 2 atom stereocenters. The largest absolute Gasteiger partial charge is 0.497 e. The molecule has 0 bridgehead atoms. The van der Waals surface area contributed by atoms with Gasteiger partial charge in [0, 0.05) is 13.5 Å². The molecule has 1 aliphatic heterocycles. The molecule has 3 heterocycles. The van der Waals surface area contributed by atoms with Crippen molar-refractivity contribution in [3.05, 3.63) is 86.9 Å². The Morgan fingerprint density at radius 1 is 1.15 bits per heavy atom. The highest BCUT2D eigenvalue weighted by molar-refractivity contribution is 6.36. The summed E-state index contributed by atoms with van der Waals surface area (Å²) in [7, 11) is 3.14. The van der Waals surface area contributed by atoms with Crippen molar-refractivity contribution in [3.8, 4) is 11.4 Å². The van der Waals surface area contributed by atoms with Crippen LogP contribution in [0.25, 0.3) is 5.69 Å². The molecule has 9 nitrogen and oxygen atoms in total. The number of halogens is 4. The van der Waals surface area contributed by atoms with Crippen molar-refractivity contribution < 1.29 is 22.7 Å². The normalized spacial score (nSPS) is 16.9. The van der Waals surface area contributed by atoms with E-state index >= 15 is 0 Å². The quantitative estimate of drug-likeness (QED) is 0.347. The molecule has 39 heavy (non-hydrogen) atoms. The highest BCUT2D eigenvalue weighted by atomic mass is 35.5. The number of aromatic nitrogens is 4. The number of rotatable bonds is 5. The van der Waals surface area contributed by atoms with E-state index in [2.05, 4.69) is 15.7 Å². The second-order valence-corrected chi connectivity index (χ2v) is 9.49. The van der Waals surface area contributed by atoms with Crippen molar-refractivity contribution in [3.63, 3.8) is 0 Å². The highest BCUT2D eigenvalue weighted by Crippen LogP contribution is 2.46. The minimum absolute atomic E-state index is 0.0372. The number of methoxy groups -OCH3 is 1. The Hall–Kier alpha value is -4.19. The molecule has 204 valence electrons. The number of ether oxygens (including phenoxy) is 1. The molecule has 0 fully saturated rings. The van der Waals surface area contributed by atoms with Crippen molar-refractivity contribution in [1.29, 1.82) is 0 Å². The molecular formula is C26H24ClF3N6O3. The number of nitrogens with zero attached hydrogens (tertiary/aromatic N) is 4. The lowest BCUT2D eigenvalue weighted by Gasteiger charge is -2.33. The lowest BCUT2D eigenvalue weighted by Crippen LogP contribution is -2.35. The summed E-state index contributed by atoms with van der Waals surface area (Å²) in [6, 6.07) is 12.6. The number of para-hydroxylation sites is 1. The van der Waals surface area contributed by atoms with Gasteiger partial charge in [0.15, 0.2) is 11.7 Å². The van der Waals surface area contributed by atoms with Crippen molar-refractivity contribution in [1.82, 2.24) is 19.1 Å². The molecule has 1 amide bonds. The molecule has 0 saturated carbocycles. The second kappa shape index (κ2) is 9.84. The molecule has 2 aromatic heterocycles. The van der Waals surface area contributed by atoms with Gasteiger partial charge in [-0.2, -0.15) is 18.3 Å². The Labute approximate surface area is 225 Å². The smallest absolute Gasteiger partial charge is 0.410 e. The van der Waals surface area contributed by atoms with Crippen LogP contribution in [0.5, 0.6) is 5.75 Å². The van der Waals surface area contributed by atoms with Gasteiger partial charge in [-0.1, -0.05) is 41.9 Å². The van der Waals surface area contributed by atoms with E-state index in [9.17, 15) is 22.8 Å². The van der Waals surface area contributed by atoms with Crippen LogP contribution >= 0.6 is 11.6 Å². The zero-order valence-electron chi connectivity index (χ0n) is 21.1. The number of anilines is 2. The van der Waals surface area contributed by atoms with Gasteiger partial charge in [0.25, 0.3) is 11.5 Å². The molecule has 0 unspecified atom stereocenters. The average molecular weight is 561 g/mol. The number of nitrogens with one attached hydrogen (secondary N) is 2. The Morgan fingerprint density at radius 2 is 1.82 bits per heavy atom. The van der Waals surface area contributed by atoms with Crippen LogP contribution in [-0.4, -0.2) is 38.3 Å². The van der Waals surface area contributed by atoms with E-state index < -0.39 is 35.4 Å². The fourth-order valence-corrected chi connectivity index (χ4v) is 4.94. The monoisotopic (exact) mass is 560 g/mol. The van der Waals surface area contributed by atoms with E-state index in [0.29, 0.717) is 27.4 Å². The van der Waals surface area contributed by atoms with Crippen LogP contribution < -0.4 is 20.9 Å². The maximum Gasteiger partial charge on any atom is 0.410 e. The molecule has 0 spiro atoms.